The summed E-state index contributed by atoms with van der Waals surface area (Å²) in [5.41, 5.74) is 0. The SMILES string of the molecule is CCCCCCCCC/C=C/CC/C=C/C(O)C(COC1OC(CO)C(OC2OC(CO)C(O)C(O)C2O)C(O)C1O)NC(=O)CCCCCCCCCCCC. The Kier molecular flexibility index (Phi) is 28.4. The van der Waals surface area contributed by atoms with E-state index < -0.39 is 86.8 Å². The van der Waals surface area contributed by atoms with Gasteiger partial charge in [0.25, 0.3) is 0 Å². The molecule has 1 amide bonds. The molecule has 12 atom stereocenters. The van der Waals surface area contributed by atoms with Gasteiger partial charge >= 0.3 is 0 Å². The number of ether oxygens (including phenoxy) is 4. The van der Waals surface area contributed by atoms with Crippen molar-refractivity contribution in [2.75, 3.05) is 19.8 Å². The fraction of sp³-hybridized carbons (Fsp3) is 0.884. The van der Waals surface area contributed by atoms with Crippen molar-refractivity contribution < 1.29 is 64.6 Å². The lowest BCUT2D eigenvalue weighted by Crippen LogP contribution is -2.65. The maximum atomic E-state index is 13.0. The van der Waals surface area contributed by atoms with Crippen LogP contribution in [0.2, 0.25) is 0 Å². The number of aliphatic hydroxyl groups is 8. The van der Waals surface area contributed by atoms with Crippen LogP contribution in [-0.4, -0.2) is 140 Å². The van der Waals surface area contributed by atoms with Crippen LogP contribution in [0.3, 0.4) is 0 Å². The summed E-state index contributed by atoms with van der Waals surface area (Å²) in [5, 5.41) is 86.2. The highest BCUT2D eigenvalue weighted by Crippen LogP contribution is 2.30. The Labute approximate surface area is 341 Å². The van der Waals surface area contributed by atoms with Crippen molar-refractivity contribution in [3.05, 3.63) is 24.3 Å². The predicted molar refractivity (Wildman–Crippen MR) is 217 cm³/mol. The molecule has 2 heterocycles. The number of carbonyl (C=O) groups excluding carboxylic acids is 1. The number of carbonyl (C=O) groups is 1. The van der Waals surface area contributed by atoms with Crippen molar-refractivity contribution in [2.24, 2.45) is 0 Å². The maximum absolute atomic E-state index is 13.0. The molecule has 2 fully saturated rings. The van der Waals surface area contributed by atoms with Gasteiger partial charge in [0.05, 0.1) is 32.0 Å². The predicted octanol–water partition coefficient (Wildman–Crippen LogP) is 3.82. The van der Waals surface area contributed by atoms with Gasteiger partial charge < -0.3 is 65.1 Å². The molecule has 0 aromatic heterocycles. The first kappa shape index (κ1) is 51.6. The summed E-state index contributed by atoms with van der Waals surface area (Å²) in [6.45, 7) is 2.70. The lowest BCUT2D eigenvalue weighted by Gasteiger charge is -2.46. The number of unbranched alkanes of at least 4 members (excludes halogenated alkanes) is 17. The largest absolute Gasteiger partial charge is 0.394 e. The first-order chi connectivity index (χ1) is 27.6. The van der Waals surface area contributed by atoms with E-state index in [1.807, 2.05) is 6.08 Å². The highest BCUT2D eigenvalue weighted by molar-refractivity contribution is 5.76. The van der Waals surface area contributed by atoms with Gasteiger partial charge in [-0.15, -0.1) is 0 Å². The smallest absolute Gasteiger partial charge is 0.220 e. The average molecular weight is 818 g/mol. The van der Waals surface area contributed by atoms with E-state index in [1.54, 1.807) is 6.08 Å². The second kappa shape index (κ2) is 31.4. The number of amides is 1. The molecule has 2 aliphatic rings. The van der Waals surface area contributed by atoms with Gasteiger partial charge in [0.2, 0.25) is 5.91 Å². The molecule has 12 unspecified atom stereocenters. The van der Waals surface area contributed by atoms with E-state index in [4.69, 9.17) is 18.9 Å². The van der Waals surface area contributed by atoms with Gasteiger partial charge in [-0.1, -0.05) is 134 Å². The number of hydrogen-bond donors (Lipinski definition) is 9. The van der Waals surface area contributed by atoms with Gasteiger partial charge in [0.1, 0.15) is 48.8 Å². The molecule has 0 saturated carbocycles. The summed E-state index contributed by atoms with van der Waals surface area (Å²) in [7, 11) is 0. The fourth-order valence-electron chi connectivity index (χ4n) is 7.19. The van der Waals surface area contributed by atoms with Gasteiger partial charge in [0, 0.05) is 6.42 Å². The molecule has 14 nitrogen and oxygen atoms in total. The molecule has 57 heavy (non-hydrogen) atoms. The van der Waals surface area contributed by atoms with Gasteiger partial charge in [-0.2, -0.15) is 0 Å². The molecular weight excluding hydrogens is 738 g/mol. The first-order valence-corrected chi connectivity index (χ1v) is 22.1. The number of rotatable bonds is 32. The van der Waals surface area contributed by atoms with Crippen LogP contribution in [0.1, 0.15) is 149 Å². The van der Waals surface area contributed by atoms with Crippen molar-refractivity contribution in [1.29, 1.82) is 0 Å². The average Bonchev–Trinajstić information content (AvgIpc) is 3.21. The molecular formula is C43H79NO13. The Balaban J connectivity index is 1.94. The quantitative estimate of drug-likeness (QED) is 0.0348. The molecule has 0 spiro atoms. The van der Waals surface area contributed by atoms with Crippen LogP contribution in [0.25, 0.3) is 0 Å². The van der Waals surface area contributed by atoms with Crippen molar-refractivity contribution in [3.63, 3.8) is 0 Å². The van der Waals surface area contributed by atoms with Crippen molar-refractivity contribution in [2.45, 2.75) is 222 Å². The Hall–Kier alpha value is -1.53. The zero-order chi connectivity index (χ0) is 41.8. The summed E-state index contributed by atoms with van der Waals surface area (Å²) in [6.07, 6.45) is 13.8. The topological polar surface area (TPSA) is 228 Å². The molecule has 0 bridgehead atoms. The van der Waals surface area contributed by atoms with E-state index in [-0.39, 0.29) is 18.9 Å². The maximum Gasteiger partial charge on any atom is 0.220 e. The summed E-state index contributed by atoms with van der Waals surface area (Å²) in [4.78, 5) is 13.0. The summed E-state index contributed by atoms with van der Waals surface area (Å²) in [6, 6.07) is -0.923. The number of aliphatic hydroxyl groups excluding tert-OH is 8. The minimum Gasteiger partial charge on any atom is -0.394 e. The minimum atomic E-state index is -1.79. The molecule has 2 saturated heterocycles. The van der Waals surface area contributed by atoms with Gasteiger partial charge in [-0.25, -0.2) is 0 Å². The van der Waals surface area contributed by atoms with Crippen LogP contribution in [0.15, 0.2) is 24.3 Å². The van der Waals surface area contributed by atoms with Crippen LogP contribution in [0.4, 0.5) is 0 Å². The Morgan fingerprint density at radius 1 is 0.614 bits per heavy atom. The Morgan fingerprint density at radius 3 is 1.72 bits per heavy atom. The van der Waals surface area contributed by atoms with Crippen molar-refractivity contribution in [1.82, 2.24) is 5.32 Å². The molecule has 9 N–H and O–H groups in total. The second-order valence-electron chi connectivity index (χ2n) is 15.8. The first-order valence-electron chi connectivity index (χ1n) is 22.1. The van der Waals surface area contributed by atoms with E-state index in [0.717, 1.165) is 32.1 Å². The highest BCUT2D eigenvalue weighted by Gasteiger charge is 2.50. The molecule has 2 rings (SSSR count). The van der Waals surface area contributed by atoms with Gasteiger partial charge in [-0.05, 0) is 32.1 Å². The molecule has 0 aromatic rings. The van der Waals surface area contributed by atoms with Crippen LogP contribution < -0.4 is 5.32 Å². The van der Waals surface area contributed by atoms with Crippen molar-refractivity contribution >= 4 is 5.91 Å². The monoisotopic (exact) mass is 818 g/mol. The van der Waals surface area contributed by atoms with Crippen LogP contribution in [0, 0.1) is 0 Å². The van der Waals surface area contributed by atoms with Crippen molar-refractivity contribution in [3.8, 4) is 0 Å². The Bertz CT molecular complexity index is 1060. The van der Waals surface area contributed by atoms with E-state index >= 15 is 0 Å². The zero-order valence-electron chi connectivity index (χ0n) is 34.8. The lowest BCUT2D eigenvalue weighted by atomic mass is 9.97. The normalized spacial score (nSPS) is 29.3. The minimum absolute atomic E-state index is 0.254. The molecule has 14 heteroatoms. The Morgan fingerprint density at radius 2 is 1.12 bits per heavy atom. The third kappa shape index (κ3) is 20.1. The highest BCUT2D eigenvalue weighted by atomic mass is 16.7. The van der Waals surface area contributed by atoms with E-state index in [1.165, 1.54) is 83.5 Å². The molecule has 334 valence electrons. The summed E-state index contributed by atoms with van der Waals surface area (Å²) >= 11 is 0. The van der Waals surface area contributed by atoms with Gasteiger partial charge in [-0.3, -0.25) is 4.79 Å². The number of nitrogens with one attached hydrogen (secondary N) is 1. The number of hydrogen-bond acceptors (Lipinski definition) is 13. The summed E-state index contributed by atoms with van der Waals surface area (Å²) in [5.74, 6) is -0.254. The van der Waals surface area contributed by atoms with E-state index in [9.17, 15) is 45.6 Å². The van der Waals surface area contributed by atoms with E-state index in [0.29, 0.717) is 12.8 Å². The lowest BCUT2D eigenvalue weighted by molar-refractivity contribution is -0.359. The van der Waals surface area contributed by atoms with Crippen LogP contribution >= 0.6 is 0 Å². The molecule has 0 aromatic carbocycles. The zero-order valence-corrected chi connectivity index (χ0v) is 34.8. The third-order valence-corrected chi connectivity index (χ3v) is 10.9. The van der Waals surface area contributed by atoms with Crippen LogP contribution in [0.5, 0.6) is 0 Å². The standard InChI is InChI=1S/C43H79NO13/c1-3-5-7-9-11-13-15-16-17-18-20-22-24-26-32(47)31(44-35(48)27-25-23-21-19-14-12-10-8-6-4-2)30-54-42-40(53)38(51)41(34(29-46)56-42)57-43-39(52)37(50)36(49)33(28-45)55-43/h17-18,24,26,31-34,36-43,45-47,49-53H,3-16,19-23,25,27-30H2,1-2H3,(H,44,48)/b18-17+,26-24+. The molecule has 0 radical (unpaired) electrons. The van der Waals surface area contributed by atoms with Crippen LogP contribution in [-0.2, 0) is 23.7 Å². The third-order valence-electron chi connectivity index (χ3n) is 10.9. The number of allylic oxidation sites excluding steroid dienone is 3. The molecule has 0 aliphatic carbocycles. The van der Waals surface area contributed by atoms with Gasteiger partial charge in [0.15, 0.2) is 12.6 Å². The van der Waals surface area contributed by atoms with E-state index in [2.05, 4.69) is 31.3 Å². The summed E-state index contributed by atoms with van der Waals surface area (Å²) < 4.78 is 22.6. The second-order valence-corrected chi connectivity index (χ2v) is 15.8. The molecule has 2 aliphatic heterocycles. The fourth-order valence-corrected chi connectivity index (χ4v) is 7.19.